The van der Waals surface area contributed by atoms with Crippen molar-refractivity contribution in [3.8, 4) is 0 Å². The van der Waals surface area contributed by atoms with Gasteiger partial charge in [0.1, 0.15) is 0 Å². The van der Waals surface area contributed by atoms with Crippen molar-refractivity contribution in [2.75, 3.05) is 19.4 Å². The Morgan fingerprint density at radius 1 is 1.04 bits per heavy atom. The van der Waals surface area contributed by atoms with Gasteiger partial charge in [-0.3, -0.25) is 9.59 Å². The first-order chi connectivity index (χ1) is 10.9. The lowest BCUT2D eigenvalue weighted by Gasteiger charge is -2.20. The summed E-state index contributed by atoms with van der Waals surface area (Å²) in [5, 5.41) is 8.98. The van der Waals surface area contributed by atoms with Crippen molar-refractivity contribution in [3.63, 3.8) is 0 Å². The molecule has 0 aliphatic heterocycles. The largest absolute Gasteiger partial charge is 0.326 e. The molecule has 23 heavy (non-hydrogen) atoms. The molecule has 0 heterocycles. The van der Waals surface area contributed by atoms with Gasteiger partial charge in [-0.1, -0.05) is 32.9 Å². The molecule has 1 rings (SSSR count). The van der Waals surface area contributed by atoms with Gasteiger partial charge in [0.25, 0.3) is 0 Å². The summed E-state index contributed by atoms with van der Waals surface area (Å²) >= 11 is 0. The van der Waals surface area contributed by atoms with E-state index in [1.54, 1.807) is 14.0 Å². The third kappa shape index (κ3) is 6.12. The van der Waals surface area contributed by atoms with Crippen LogP contribution in [0.25, 0.3) is 0 Å². The number of anilines is 1. The molecule has 128 valence electrons. The number of likely N-dealkylation sites (N-methyl/N-ethyl adjacent to an activating group) is 1. The van der Waals surface area contributed by atoms with Gasteiger partial charge in [-0.15, -0.1) is 0 Å². The highest BCUT2D eigenvalue weighted by molar-refractivity contribution is 5.96. The molecule has 0 saturated carbocycles. The summed E-state index contributed by atoms with van der Waals surface area (Å²) in [6.07, 6.45) is 0.243. The summed E-state index contributed by atoms with van der Waals surface area (Å²) in [6.45, 7) is 6.57. The quantitative estimate of drug-likeness (QED) is 0.652. The molecule has 0 spiro atoms. The third-order valence-electron chi connectivity index (χ3n) is 3.88. The fraction of sp³-hybridized carbons (Fsp3) is 0.556. The third-order valence-corrected chi connectivity index (χ3v) is 3.88. The van der Waals surface area contributed by atoms with Crippen molar-refractivity contribution >= 4 is 17.4 Å². The van der Waals surface area contributed by atoms with E-state index in [1.807, 2.05) is 45.2 Å². The minimum atomic E-state index is -0.353. The first kappa shape index (κ1) is 19.3. The second-order valence-corrected chi connectivity index (χ2v) is 6.30. The Labute approximate surface area is 139 Å². The Balaban J connectivity index is 2.58. The van der Waals surface area contributed by atoms with Crippen molar-refractivity contribution in [1.29, 1.82) is 0 Å². The van der Waals surface area contributed by atoms with E-state index >= 15 is 0 Å². The van der Waals surface area contributed by atoms with Gasteiger partial charge in [0, 0.05) is 24.6 Å². The average molecular weight is 319 g/mol. The highest BCUT2D eigenvalue weighted by atomic mass is 16.2. The number of ketones is 1. The van der Waals surface area contributed by atoms with Gasteiger partial charge < -0.3 is 16.0 Å². The Kier molecular flexibility index (Phi) is 7.92. The van der Waals surface area contributed by atoms with Gasteiger partial charge in [0.05, 0.1) is 6.04 Å². The molecule has 0 aliphatic carbocycles. The molecule has 1 amide bonds. The van der Waals surface area contributed by atoms with Crippen molar-refractivity contribution in [3.05, 3.63) is 29.8 Å². The lowest BCUT2D eigenvalue weighted by Crippen LogP contribution is -2.40. The number of carbonyl (C=O) groups excluding carboxylic acids is 2. The predicted molar refractivity (Wildman–Crippen MR) is 94.3 cm³/mol. The van der Waals surface area contributed by atoms with Crippen molar-refractivity contribution in [2.45, 2.75) is 39.8 Å². The fourth-order valence-electron chi connectivity index (χ4n) is 2.56. The van der Waals surface area contributed by atoms with E-state index in [0.29, 0.717) is 0 Å². The molecule has 1 aromatic carbocycles. The first-order valence-electron chi connectivity index (χ1n) is 8.13. The van der Waals surface area contributed by atoms with Crippen LogP contribution >= 0.6 is 0 Å². The van der Waals surface area contributed by atoms with Crippen LogP contribution in [0.1, 0.15) is 32.8 Å². The van der Waals surface area contributed by atoms with Crippen LogP contribution in [0.5, 0.6) is 0 Å². The topological polar surface area (TPSA) is 70.2 Å². The van der Waals surface area contributed by atoms with E-state index in [-0.39, 0.29) is 36.0 Å². The van der Waals surface area contributed by atoms with Crippen LogP contribution in [0.15, 0.2) is 24.3 Å². The second-order valence-electron chi connectivity index (χ2n) is 6.30. The minimum absolute atomic E-state index is 0.0783. The Morgan fingerprint density at radius 3 is 2.13 bits per heavy atom. The van der Waals surface area contributed by atoms with Crippen LogP contribution in [0.3, 0.4) is 0 Å². The number of nitrogens with one attached hydrogen (secondary N) is 3. The van der Waals surface area contributed by atoms with E-state index in [1.165, 1.54) is 0 Å². The molecule has 1 unspecified atom stereocenters. The zero-order valence-electron chi connectivity index (χ0n) is 14.8. The van der Waals surface area contributed by atoms with Crippen LogP contribution in [-0.4, -0.2) is 31.8 Å². The standard InChI is InChI=1S/C18H29N3O2/c1-12(2)17(20-5)16(22)10-13(3)18(23)21-15-8-6-14(7-9-15)11-19-4/h6-9,12-13,17,19-20H,10-11H2,1-5H3,(H,21,23)/t13-,17?/m1/s1. The van der Waals surface area contributed by atoms with Gasteiger partial charge in [-0.2, -0.15) is 0 Å². The Hall–Kier alpha value is -1.72. The van der Waals surface area contributed by atoms with E-state index in [4.69, 9.17) is 0 Å². The second kappa shape index (κ2) is 9.43. The molecule has 0 radical (unpaired) electrons. The number of amides is 1. The normalized spacial score (nSPS) is 13.7. The van der Waals surface area contributed by atoms with Crippen LogP contribution in [0, 0.1) is 11.8 Å². The Bertz CT molecular complexity index is 512. The zero-order chi connectivity index (χ0) is 17.4. The molecule has 0 saturated heterocycles. The predicted octanol–water partition coefficient (Wildman–Crippen LogP) is 2.18. The maximum absolute atomic E-state index is 12.3. The summed E-state index contributed by atoms with van der Waals surface area (Å²) in [5.74, 6) is -0.190. The van der Waals surface area contributed by atoms with E-state index in [9.17, 15) is 9.59 Å². The van der Waals surface area contributed by atoms with Crippen molar-refractivity contribution in [1.82, 2.24) is 10.6 Å². The monoisotopic (exact) mass is 319 g/mol. The SMILES string of the molecule is CNCc1ccc(NC(=O)[C@H](C)CC(=O)C(NC)C(C)C)cc1. The van der Waals surface area contributed by atoms with Gasteiger partial charge in [-0.05, 0) is 37.7 Å². The van der Waals surface area contributed by atoms with Crippen LogP contribution < -0.4 is 16.0 Å². The van der Waals surface area contributed by atoms with Gasteiger partial charge in [0.2, 0.25) is 5.91 Å². The molecule has 0 fully saturated rings. The van der Waals surface area contributed by atoms with Crippen LogP contribution in [0.4, 0.5) is 5.69 Å². The minimum Gasteiger partial charge on any atom is -0.326 e. The molecule has 0 aliphatic rings. The number of Topliss-reactive ketones (excluding diaryl/α,β-unsaturated/α-hetero) is 1. The Morgan fingerprint density at radius 2 is 1.65 bits per heavy atom. The summed E-state index contributed by atoms with van der Waals surface area (Å²) in [6, 6.07) is 7.49. The molecule has 5 heteroatoms. The highest BCUT2D eigenvalue weighted by Gasteiger charge is 2.24. The first-order valence-corrected chi connectivity index (χ1v) is 8.13. The summed E-state index contributed by atoms with van der Waals surface area (Å²) in [4.78, 5) is 24.5. The molecule has 2 atom stereocenters. The maximum Gasteiger partial charge on any atom is 0.227 e. The number of rotatable bonds is 9. The molecule has 0 bridgehead atoms. The number of benzene rings is 1. The molecule has 0 aromatic heterocycles. The molecule has 1 aromatic rings. The van der Waals surface area contributed by atoms with E-state index in [2.05, 4.69) is 16.0 Å². The molecular weight excluding hydrogens is 290 g/mol. The summed E-state index contributed by atoms with van der Waals surface area (Å²) in [5.41, 5.74) is 1.91. The molecule has 5 nitrogen and oxygen atoms in total. The van der Waals surface area contributed by atoms with Gasteiger partial charge >= 0.3 is 0 Å². The van der Waals surface area contributed by atoms with Crippen molar-refractivity contribution < 1.29 is 9.59 Å². The molecular formula is C18H29N3O2. The number of hydrogen-bond acceptors (Lipinski definition) is 4. The molecule has 3 N–H and O–H groups in total. The lowest BCUT2D eigenvalue weighted by atomic mass is 9.93. The summed E-state index contributed by atoms with van der Waals surface area (Å²) < 4.78 is 0. The fourth-order valence-corrected chi connectivity index (χ4v) is 2.56. The van der Waals surface area contributed by atoms with E-state index in [0.717, 1.165) is 17.8 Å². The van der Waals surface area contributed by atoms with Crippen LogP contribution in [0.2, 0.25) is 0 Å². The highest BCUT2D eigenvalue weighted by Crippen LogP contribution is 2.14. The van der Waals surface area contributed by atoms with E-state index < -0.39 is 0 Å². The van der Waals surface area contributed by atoms with Gasteiger partial charge in [0.15, 0.2) is 5.78 Å². The summed E-state index contributed by atoms with van der Waals surface area (Å²) in [7, 11) is 3.67. The number of hydrogen-bond donors (Lipinski definition) is 3. The van der Waals surface area contributed by atoms with Crippen LogP contribution in [-0.2, 0) is 16.1 Å². The zero-order valence-corrected chi connectivity index (χ0v) is 14.8. The maximum atomic E-state index is 12.3. The number of carbonyl (C=O) groups is 2. The van der Waals surface area contributed by atoms with Crippen molar-refractivity contribution in [2.24, 2.45) is 11.8 Å². The smallest absolute Gasteiger partial charge is 0.227 e. The lowest BCUT2D eigenvalue weighted by molar-refractivity contribution is -0.127. The average Bonchev–Trinajstić information content (AvgIpc) is 2.49. The van der Waals surface area contributed by atoms with Gasteiger partial charge in [-0.25, -0.2) is 0 Å².